The highest BCUT2D eigenvalue weighted by molar-refractivity contribution is 14.1. The molecule has 110 valence electrons. The number of ether oxygens (including phenoxy) is 2. The maximum Gasteiger partial charge on any atom is 0.251 e. The number of hydrogen-bond donors (Lipinski definition) is 1. The Morgan fingerprint density at radius 2 is 1.81 bits per heavy atom. The summed E-state index contributed by atoms with van der Waals surface area (Å²) in [5, 5.41) is 2.88. The Labute approximate surface area is 137 Å². The van der Waals surface area contributed by atoms with Crippen molar-refractivity contribution < 1.29 is 14.3 Å². The van der Waals surface area contributed by atoms with Crippen LogP contribution in [0.15, 0.2) is 42.5 Å². The first-order chi connectivity index (χ1) is 10.1. The van der Waals surface area contributed by atoms with Crippen LogP contribution in [0.2, 0.25) is 0 Å². The minimum atomic E-state index is -0.115. The van der Waals surface area contributed by atoms with Crippen molar-refractivity contribution in [1.82, 2.24) is 5.32 Å². The highest BCUT2D eigenvalue weighted by Gasteiger charge is 2.09. The molecule has 0 saturated heterocycles. The van der Waals surface area contributed by atoms with Crippen molar-refractivity contribution in [2.24, 2.45) is 0 Å². The van der Waals surface area contributed by atoms with Crippen LogP contribution in [0.3, 0.4) is 0 Å². The molecule has 2 rings (SSSR count). The van der Waals surface area contributed by atoms with Gasteiger partial charge < -0.3 is 14.8 Å². The predicted octanol–water partition coefficient (Wildman–Crippen LogP) is 3.24. The van der Waals surface area contributed by atoms with Gasteiger partial charge in [0, 0.05) is 21.2 Å². The summed E-state index contributed by atoms with van der Waals surface area (Å²) >= 11 is 2.21. The Morgan fingerprint density at radius 1 is 1.10 bits per heavy atom. The third-order valence-electron chi connectivity index (χ3n) is 3.03. The van der Waals surface area contributed by atoms with E-state index < -0.39 is 0 Å². The van der Waals surface area contributed by atoms with Crippen molar-refractivity contribution in [2.45, 2.75) is 6.54 Å². The molecule has 5 heteroatoms. The molecule has 0 aliphatic carbocycles. The summed E-state index contributed by atoms with van der Waals surface area (Å²) in [6, 6.07) is 12.9. The zero-order valence-corrected chi connectivity index (χ0v) is 14.0. The smallest absolute Gasteiger partial charge is 0.251 e. The number of carbonyl (C=O) groups is 1. The molecule has 0 saturated carbocycles. The van der Waals surface area contributed by atoms with Crippen molar-refractivity contribution in [3.63, 3.8) is 0 Å². The fraction of sp³-hybridized carbons (Fsp3) is 0.188. The predicted molar refractivity (Wildman–Crippen MR) is 89.9 cm³/mol. The number of methoxy groups -OCH3 is 2. The maximum absolute atomic E-state index is 12.1. The maximum atomic E-state index is 12.1. The monoisotopic (exact) mass is 397 g/mol. The minimum absolute atomic E-state index is 0.115. The molecule has 0 aliphatic rings. The van der Waals surface area contributed by atoms with E-state index >= 15 is 0 Å². The van der Waals surface area contributed by atoms with Gasteiger partial charge in [-0.25, -0.2) is 0 Å². The molecular formula is C16H16INO3. The van der Waals surface area contributed by atoms with E-state index in [0.717, 1.165) is 20.6 Å². The average Bonchev–Trinajstić information content (AvgIpc) is 2.52. The quantitative estimate of drug-likeness (QED) is 0.789. The molecule has 0 spiro atoms. The van der Waals surface area contributed by atoms with Crippen LogP contribution in [0.5, 0.6) is 11.5 Å². The Kier molecular flexibility index (Phi) is 5.44. The van der Waals surface area contributed by atoms with Gasteiger partial charge >= 0.3 is 0 Å². The summed E-state index contributed by atoms with van der Waals surface area (Å²) in [6.07, 6.45) is 0. The van der Waals surface area contributed by atoms with Crippen LogP contribution in [-0.2, 0) is 6.54 Å². The van der Waals surface area contributed by atoms with E-state index in [4.69, 9.17) is 9.47 Å². The topological polar surface area (TPSA) is 47.6 Å². The van der Waals surface area contributed by atoms with E-state index in [-0.39, 0.29) is 5.91 Å². The third-order valence-corrected chi connectivity index (χ3v) is 3.75. The van der Waals surface area contributed by atoms with E-state index in [9.17, 15) is 4.79 Å². The van der Waals surface area contributed by atoms with Gasteiger partial charge in [-0.05, 0) is 65.1 Å². The molecule has 2 aromatic rings. The van der Waals surface area contributed by atoms with Crippen LogP contribution in [0.4, 0.5) is 0 Å². The number of carbonyl (C=O) groups excluding carboxylic acids is 1. The first kappa shape index (κ1) is 15.6. The van der Waals surface area contributed by atoms with Gasteiger partial charge in [0.15, 0.2) is 0 Å². The summed E-state index contributed by atoms with van der Waals surface area (Å²) in [5.74, 6) is 1.34. The van der Waals surface area contributed by atoms with Crippen LogP contribution in [-0.4, -0.2) is 20.1 Å². The Morgan fingerprint density at radius 3 is 2.43 bits per heavy atom. The van der Waals surface area contributed by atoms with E-state index in [0.29, 0.717) is 12.1 Å². The fourth-order valence-electron chi connectivity index (χ4n) is 1.90. The standard InChI is InChI=1S/C16H16INO3/c1-20-14-7-8-15(21-2)12(9-14)10-18-16(19)11-3-5-13(17)6-4-11/h3-9H,10H2,1-2H3,(H,18,19). The first-order valence-electron chi connectivity index (χ1n) is 6.38. The minimum Gasteiger partial charge on any atom is -0.497 e. The summed E-state index contributed by atoms with van der Waals surface area (Å²) in [5.41, 5.74) is 1.51. The van der Waals surface area contributed by atoms with E-state index in [2.05, 4.69) is 27.9 Å². The highest BCUT2D eigenvalue weighted by atomic mass is 127. The van der Waals surface area contributed by atoms with E-state index in [1.54, 1.807) is 26.4 Å². The lowest BCUT2D eigenvalue weighted by molar-refractivity contribution is 0.0950. The second-order valence-electron chi connectivity index (χ2n) is 4.37. The molecule has 0 aromatic heterocycles. The normalized spacial score (nSPS) is 10.0. The highest BCUT2D eigenvalue weighted by Crippen LogP contribution is 2.23. The van der Waals surface area contributed by atoms with Crippen LogP contribution < -0.4 is 14.8 Å². The lowest BCUT2D eigenvalue weighted by atomic mass is 10.1. The third kappa shape index (κ3) is 4.10. The van der Waals surface area contributed by atoms with Gasteiger partial charge in [0.05, 0.1) is 14.2 Å². The van der Waals surface area contributed by atoms with Gasteiger partial charge in [0.2, 0.25) is 0 Å². The van der Waals surface area contributed by atoms with Crippen LogP contribution in [0.25, 0.3) is 0 Å². The lowest BCUT2D eigenvalue weighted by Crippen LogP contribution is -2.23. The molecule has 0 heterocycles. The largest absolute Gasteiger partial charge is 0.497 e. The fourth-order valence-corrected chi connectivity index (χ4v) is 2.26. The molecule has 0 radical (unpaired) electrons. The summed E-state index contributed by atoms with van der Waals surface area (Å²) in [7, 11) is 3.21. The molecule has 0 bridgehead atoms. The van der Waals surface area contributed by atoms with Gasteiger partial charge in [-0.15, -0.1) is 0 Å². The van der Waals surface area contributed by atoms with Crippen molar-refractivity contribution in [3.8, 4) is 11.5 Å². The van der Waals surface area contributed by atoms with Crippen molar-refractivity contribution >= 4 is 28.5 Å². The zero-order chi connectivity index (χ0) is 15.2. The van der Waals surface area contributed by atoms with Crippen LogP contribution in [0.1, 0.15) is 15.9 Å². The Bertz CT molecular complexity index is 626. The summed E-state index contributed by atoms with van der Waals surface area (Å²) in [4.78, 5) is 12.1. The number of amides is 1. The van der Waals surface area contributed by atoms with E-state index in [1.807, 2.05) is 30.3 Å². The molecule has 4 nitrogen and oxygen atoms in total. The summed E-state index contributed by atoms with van der Waals surface area (Å²) in [6.45, 7) is 0.380. The van der Waals surface area contributed by atoms with E-state index in [1.165, 1.54) is 0 Å². The molecular weight excluding hydrogens is 381 g/mol. The number of halogens is 1. The lowest BCUT2D eigenvalue weighted by Gasteiger charge is -2.11. The number of benzene rings is 2. The van der Waals surface area contributed by atoms with Gasteiger partial charge in [0.25, 0.3) is 5.91 Å². The molecule has 2 aromatic carbocycles. The van der Waals surface area contributed by atoms with Crippen LogP contribution >= 0.6 is 22.6 Å². The Balaban J connectivity index is 2.08. The molecule has 1 amide bonds. The van der Waals surface area contributed by atoms with Crippen LogP contribution in [0, 0.1) is 3.57 Å². The number of rotatable bonds is 5. The van der Waals surface area contributed by atoms with Crippen molar-refractivity contribution in [3.05, 3.63) is 57.2 Å². The van der Waals surface area contributed by atoms with Gasteiger partial charge in [-0.2, -0.15) is 0 Å². The number of hydrogen-bond acceptors (Lipinski definition) is 3. The number of nitrogens with one attached hydrogen (secondary N) is 1. The van der Waals surface area contributed by atoms with Crippen molar-refractivity contribution in [2.75, 3.05) is 14.2 Å². The summed E-state index contributed by atoms with van der Waals surface area (Å²) < 4.78 is 11.6. The second-order valence-corrected chi connectivity index (χ2v) is 5.61. The molecule has 0 atom stereocenters. The first-order valence-corrected chi connectivity index (χ1v) is 7.46. The van der Waals surface area contributed by atoms with Crippen molar-refractivity contribution in [1.29, 1.82) is 0 Å². The molecule has 0 fully saturated rings. The zero-order valence-electron chi connectivity index (χ0n) is 11.9. The Hall–Kier alpha value is -1.76. The second kappa shape index (κ2) is 7.31. The van der Waals surface area contributed by atoms with Gasteiger partial charge in [-0.3, -0.25) is 4.79 Å². The SMILES string of the molecule is COc1ccc(OC)c(CNC(=O)c2ccc(I)cc2)c1. The van der Waals surface area contributed by atoms with Gasteiger partial charge in [-0.1, -0.05) is 0 Å². The molecule has 1 N–H and O–H groups in total. The molecule has 0 unspecified atom stereocenters. The van der Waals surface area contributed by atoms with Gasteiger partial charge in [0.1, 0.15) is 11.5 Å². The molecule has 0 aliphatic heterocycles. The molecule has 21 heavy (non-hydrogen) atoms. The average molecular weight is 397 g/mol.